The number of guanidine groups is 1. The van der Waals surface area contributed by atoms with Crippen LogP contribution in [0, 0.1) is 10.3 Å². The molecule has 0 aliphatic rings. The smallest absolute Gasteiger partial charge is 0.322 e. The molecule has 9 nitrogen and oxygen atoms in total. The van der Waals surface area contributed by atoms with Crippen molar-refractivity contribution in [2.75, 3.05) is 13.7 Å². The molecule has 0 spiro atoms. The Kier molecular flexibility index (Phi) is 11.5. The Balaban J connectivity index is 0. The lowest BCUT2D eigenvalue weighted by atomic mass is 10.2. The number of rotatable bonds is 5. The van der Waals surface area contributed by atoms with Gasteiger partial charge in [0.25, 0.3) is 0 Å². The van der Waals surface area contributed by atoms with Crippen molar-refractivity contribution in [2.24, 2.45) is 16.8 Å². The maximum atomic E-state index is 10.8. The standard InChI is InChI=1S/C7H16N4O2.HNO2/c1-13-6(12)5(8)3-2-4-11-7(9)10;2-1-3/h5H,2-4,8H2,1H3,(H4,9,10,11);(H,2,3). The molecular weight excluding hydrogens is 218 g/mol. The highest BCUT2D eigenvalue weighted by Gasteiger charge is 2.12. The van der Waals surface area contributed by atoms with Gasteiger partial charge in [-0.1, -0.05) is 0 Å². The topological polar surface area (TPSA) is 164 Å². The molecule has 0 aromatic rings. The van der Waals surface area contributed by atoms with E-state index in [2.05, 4.69) is 10.1 Å². The summed E-state index contributed by atoms with van der Waals surface area (Å²) in [5.74, 6) is -0.491. The zero-order valence-corrected chi connectivity index (χ0v) is 8.97. The van der Waals surface area contributed by atoms with Crippen molar-refractivity contribution in [3.05, 3.63) is 4.91 Å². The van der Waals surface area contributed by atoms with Crippen LogP contribution >= 0.6 is 0 Å². The number of esters is 1. The summed E-state index contributed by atoms with van der Waals surface area (Å²) in [4.78, 5) is 18.9. The van der Waals surface area contributed by atoms with E-state index >= 15 is 0 Å². The zero-order valence-electron chi connectivity index (χ0n) is 8.97. The first-order valence-electron chi connectivity index (χ1n) is 4.37. The molecule has 94 valence electrons. The molecule has 0 bridgehead atoms. The van der Waals surface area contributed by atoms with E-state index in [4.69, 9.17) is 27.0 Å². The van der Waals surface area contributed by atoms with Crippen LogP contribution in [0.5, 0.6) is 0 Å². The van der Waals surface area contributed by atoms with Crippen LogP contribution in [0.15, 0.2) is 5.34 Å². The average Bonchev–Trinajstić information content (AvgIpc) is 2.23. The fraction of sp³-hybridized carbons (Fsp3) is 0.714. The van der Waals surface area contributed by atoms with Crippen LogP contribution in [0.3, 0.4) is 0 Å². The number of carbonyl (C=O) groups is 1. The third-order valence-electron chi connectivity index (χ3n) is 1.51. The normalized spacial score (nSPS) is 10.4. The zero-order chi connectivity index (χ0) is 13.0. The molecule has 7 N–H and O–H groups in total. The highest BCUT2D eigenvalue weighted by Crippen LogP contribution is 1.94. The van der Waals surface area contributed by atoms with Gasteiger partial charge < -0.3 is 26.7 Å². The van der Waals surface area contributed by atoms with Crippen LogP contribution < -0.4 is 16.8 Å². The van der Waals surface area contributed by atoms with E-state index < -0.39 is 12.0 Å². The number of carbonyl (C=O) groups excluding carboxylic acids is 1. The van der Waals surface area contributed by atoms with Crippen molar-refractivity contribution >= 4 is 11.9 Å². The number of hydrogen-bond acceptors (Lipinski definition) is 6. The lowest BCUT2D eigenvalue weighted by molar-refractivity contribution is -0.142. The van der Waals surface area contributed by atoms with Gasteiger partial charge in [0.05, 0.1) is 7.11 Å². The number of methoxy groups -OCH3 is 1. The van der Waals surface area contributed by atoms with Crippen molar-refractivity contribution in [1.82, 2.24) is 5.32 Å². The second-order valence-corrected chi connectivity index (χ2v) is 2.69. The SMILES string of the molecule is COC(=O)C(N)CCCNC(=N)N.O=NO. The Morgan fingerprint density at radius 2 is 2.19 bits per heavy atom. The van der Waals surface area contributed by atoms with Crippen molar-refractivity contribution < 1.29 is 14.7 Å². The van der Waals surface area contributed by atoms with Gasteiger partial charge >= 0.3 is 5.97 Å². The fourth-order valence-electron chi connectivity index (χ4n) is 0.814. The molecule has 1 unspecified atom stereocenters. The number of hydrogen-bond donors (Lipinski definition) is 5. The van der Waals surface area contributed by atoms with Gasteiger partial charge in [-0.3, -0.25) is 10.2 Å². The Bertz CT molecular complexity index is 223. The first-order chi connectivity index (χ1) is 7.49. The lowest BCUT2D eigenvalue weighted by Gasteiger charge is -2.08. The van der Waals surface area contributed by atoms with E-state index in [1.54, 1.807) is 0 Å². The second-order valence-electron chi connectivity index (χ2n) is 2.69. The van der Waals surface area contributed by atoms with Crippen molar-refractivity contribution in [3.8, 4) is 0 Å². The molecule has 16 heavy (non-hydrogen) atoms. The highest BCUT2D eigenvalue weighted by molar-refractivity contribution is 5.75. The molecule has 0 radical (unpaired) electrons. The van der Waals surface area contributed by atoms with Crippen LogP contribution in [0.25, 0.3) is 0 Å². The third kappa shape index (κ3) is 12.1. The highest BCUT2D eigenvalue weighted by atomic mass is 16.6. The van der Waals surface area contributed by atoms with Gasteiger partial charge in [-0.05, 0) is 12.8 Å². The monoisotopic (exact) mass is 235 g/mol. The first-order valence-corrected chi connectivity index (χ1v) is 4.37. The van der Waals surface area contributed by atoms with Crippen molar-refractivity contribution in [2.45, 2.75) is 18.9 Å². The number of ether oxygens (including phenoxy) is 1. The van der Waals surface area contributed by atoms with Crippen LogP contribution in [-0.2, 0) is 9.53 Å². The molecular formula is C7H17N5O4. The van der Waals surface area contributed by atoms with E-state index in [0.29, 0.717) is 19.4 Å². The first kappa shape index (κ1) is 16.5. The van der Waals surface area contributed by atoms with E-state index in [9.17, 15) is 4.79 Å². The van der Waals surface area contributed by atoms with Gasteiger partial charge in [-0.2, -0.15) is 0 Å². The summed E-state index contributed by atoms with van der Waals surface area (Å²) in [7, 11) is 1.30. The molecule has 1 atom stereocenters. The van der Waals surface area contributed by atoms with Gasteiger partial charge in [-0.15, -0.1) is 4.91 Å². The van der Waals surface area contributed by atoms with E-state index in [0.717, 1.165) is 0 Å². The van der Waals surface area contributed by atoms with Gasteiger partial charge in [0.2, 0.25) is 0 Å². The fourth-order valence-corrected chi connectivity index (χ4v) is 0.814. The number of nitrogens with one attached hydrogen (secondary N) is 2. The summed E-state index contributed by atoms with van der Waals surface area (Å²) in [6.07, 6.45) is 1.20. The Labute approximate surface area is 92.6 Å². The maximum absolute atomic E-state index is 10.8. The number of nitrogens with two attached hydrogens (primary N) is 2. The van der Waals surface area contributed by atoms with Gasteiger partial charge in [0, 0.05) is 6.54 Å². The molecule has 0 aliphatic heterocycles. The molecule has 0 saturated heterocycles. The molecule has 9 heteroatoms. The quantitative estimate of drug-likeness (QED) is 0.101. The molecule has 0 aromatic carbocycles. The number of nitrogens with zero attached hydrogens (tertiary/aromatic N) is 1. The lowest BCUT2D eigenvalue weighted by Crippen LogP contribution is -2.34. The molecule has 0 aromatic heterocycles. The Morgan fingerprint density at radius 1 is 1.69 bits per heavy atom. The maximum Gasteiger partial charge on any atom is 0.322 e. The van der Waals surface area contributed by atoms with Crippen LogP contribution in [-0.4, -0.2) is 36.8 Å². The molecule has 0 amide bonds. The van der Waals surface area contributed by atoms with E-state index in [1.165, 1.54) is 12.4 Å². The molecule has 0 saturated carbocycles. The molecule has 0 heterocycles. The summed E-state index contributed by atoms with van der Waals surface area (Å²) in [6, 6.07) is -0.584. The molecule has 0 fully saturated rings. The minimum absolute atomic E-state index is 0.0772. The van der Waals surface area contributed by atoms with E-state index in [-0.39, 0.29) is 5.96 Å². The largest absolute Gasteiger partial charge is 0.468 e. The van der Waals surface area contributed by atoms with Crippen LogP contribution in [0.4, 0.5) is 0 Å². The summed E-state index contributed by atoms with van der Waals surface area (Å²) in [5, 5.41) is 17.3. The minimum Gasteiger partial charge on any atom is -0.468 e. The average molecular weight is 235 g/mol. The van der Waals surface area contributed by atoms with Crippen molar-refractivity contribution in [3.63, 3.8) is 0 Å². The third-order valence-corrected chi connectivity index (χ3v) is 1.51. The Morgan fingerprint density at radius 3 is 2.56 bits per heavy atom. The summed E-state index contributed by atoms with van der Waals surface area (Å²) in [6.45, 7) is 0.542. The molecule has 0 rings (SSSR count). The second kappa shape index (κ2) is 11.2. The predicted molar refractivity (Wildman–Crippen MR) is 56.7 cm³/mol. The van der Waals surface area contributed by atoms with Gasteiger partial charge in [-0.25, -0.2) is 0 Å². The van der Waals surface area contributed by atoms with Gasteiger partial charge in [0.1, 0.15) is 6.04 Å². The minimum atomic E-state index is -0.584. The predicted octanol–water partition coefficient (Wildman–Crippen LogP) is -1.11. The van der Waals surface area contributed by atoms with E-state index in [1.807, 2.05) is 0 Å². The summed E-state index contributed by atoms with van der Waals surface area (Å²) < 4.78 is 4.44. The summed E-state index contributed by atoms with van der Waals surface area (Å²) in [5.41, 5.74) is 10.5. The Hall–Kier alpha value is -1.90. The van der Waals surface area contributed by atoms with Crippen LogP contribution in [0.2, 0.25) is 0 Å². The van der Waals surface area contributed by atoms with Crippen molar-refractivity contribution in [1.29, 1.82) is 5.41 Å². The van der Waals surface area contributed by atoms with Gasteiger partial charge in [0.15, 0.2) is 11.3 Å². The summed E-state index contributed by atoms with van der Waals surface area (Å²) >= 11 is 0. The van der Waals surface area contributed by atoms with Crippen LogP contribution in [0.1, 0.15) is 12.8 Å². The molecule has 0 aliphatic carbocycles.